The predicted octanol–water partition coefficient (Wildman–Crippen LogP) is 2.07. The Kier molecular flexibility index (Phi) is 4.35. The number of nitrogens with zero attached hydrogens (tertiary/aromatic N) is 1. The molecule has 1 saturated heterocycles. The molecule has 0 bridgehead atoms. The fourth-order valence-electron chi connectivity index (χ4n) is 2.10. The van der Waals surface area contributed by atoms with Crippen molar-refractivity contribution in [3.63, 3.8) is 0 Å². The van der Waals surface area contributed by atoms with Crippen LogP contribution in [-0.2, 0) is 16.0 Å². The van der Waals surface area contributed by atoms with Crippen LogP contribution in [-0.4, -0.2) is 29.6 Å². The quantitative estimate of drug-likeness (QED) is 0.832. The van der Waals surface area contributed by atoms with Gasteiger partial charge < -0.3 is 10.1 Å². The highest BCUT2D eigenvalue weighted by molar-refractivity contribution is 7.09. The molecule has 0 spiro atoms. The average Bonchev–Trinajstić information content (AvgIpc) is 2.94. The van der Waals surface area contributed by atoms with Gasteiger partial charge in [0.25, 0.3) is 5.91 Å². The molecule has 100 valence electrons. The Labute approximate surface area is 112 Å². The molecule has 1 aromatic rings. The third-order valence-electron chi connectivity index (χ3n) is 3.22. The molecule has 1 fully saturated rings. The lowest BCUT2D eigenvalue weighted by Gasteiger charge is -2.21. The molecule has 5 heteroatoms. The molecule has 0 saturated carbocycles. The Hall–Kier alpha value is -0.940. The Bertz CT molecular complexity index is 411. The van der Waals surface area contributed by atoms with E-state index < -0.39 is 5.60 Å². The van der Waals surface area contributed by atoms with Crippen LogP contribution >= 0.6 is 11.3 Å². The molecule has 18 heavy (non-hydrogen) atoms. The molecule has 1 amide bonds. The van der Waals surface area contributed by atoms with Crippen LogP contribution in [0.1, 0.15) is 36.9 Å². The normalized spacial score (nSPS) is 23.2. The summed E-state index contributed by atoms with van der Waals surface area (Å²) in [5.41, 5.74) is 0.475. The molecule has 0 radical (unpaired) electrons. The molecule has 0 aromatic carbocycles. The van der Waals surface area contributed by atoms with Gasteiger partial charge in [0, 0.05) is 30.6 Å². The second kappa shape index (κ2) is 5.80. The first-order valence-corrected chi connectivity index (χ1v) is 7.31. The minimum absolute atomic E-state index is 0.0234. The van der Waals surface area contributed by atoms with Gasteiger partial charge in [0.05, 0.1) is 5.01 Å². The van der Waals surface area contributed by atoms with Crippen LogP contribution in [0.5, 0.6) is 0 Å². The highest BCUT2D eigenvalue weighted by Gasteiger charge is 2.37. The summed E-state index contributed by atoms with van der Waals surface area (Å²) in [6.07, 6.45) is 3.65. The molecule has 1 aromatic heterocycles. The maximum atomic E-state index is 11.9. The van der Waals surface area contributed by atoms with E-state index in [1.165, 1.54) is 0 Å². The fourth-order valence-corrected chi connectivity index (χ4v) is 2.92. The minimum Gasteiger partial charge on any atom is -0.365 e. The van der Waals surface area contributed by atoms with Crippen LogP contribution in [0.25, 0.3) is 0 Å². The van der Waals surface area contributed by atoms with E-state index in [1.54, 1.807) is 11.3 Å². The molecule has 0 aliphatic carbocycles. The van der Waals surface area contributed by atoms with Crippen LogP contribution in [0.2, 0.25) is 0 Å². The van der Waals surface area contributed by atoms with Crippen molar-refractivity contribution < 1.29 is 9.53 Å². The van der Waals surface area contributed by atoms with Crippen LogP contribution in [0.15, 0.2) is 5.38 Å². The van der Waals surface area contributed by atoms with E-state index in [1.807, 2.05) is 13.8 Å². The van der Waals surface area contributed by atoms with Crippen LogP contribution in [0, 0.1) is 6.92 Å². The molecule has 2 rings (SSSR count). The molecule has 1 atom stereocenters. The van der Waals surface area contributed by atoms with Gasteiger partial charge in [-0.25, -0.2) is 4.98 Å². The zero-order chi connectivity index (χ0) is 13.0. The van der Waals surface area contributed by atoms with E-state index in [0.29, 0.717) is 13.2 Å². The number of ether oxygens (including phenoxy) is 1. The lowest BCUT2D eigenvalue weighted by Crippen LogP contribution is -2.44. The van der Waals surface area contributed by atoms with Gasteiger partial charge in [-0.3, -0.25) is 4.79 Å². The molecule has 2 heterocycles. The highest BCUT2D eigenvalue weighted by Crippen LogP contribution is 2.24. The van der Waals surface area contributed by atoms with Gasteiger partial charge in [-0.15, -0.1) is 11.3 Å². The largest absolute Gasteiger partial charge is 0.365 e. The third-order valence-corrected chi connectivity index (χ3v) is 4.25. The number of carbonyl (C=O) groups is 1. The lowest BCUT2D eigenvalue weighted by atomic mass is 10.0. The Balaban J connectivity index is 1.67. The summed E-state index contributed by atoms with van der Waals surface area (Å²) in [5.74, 6) is 0.0234. The van der Waals surface area contributed by atoms with Gasteiger partial charge in [0.1, 0.15) is 5.60 Å². The first kappa shape index (κ1) is 13.5. The number of carbonyl (C=O) groups excluding carboxylic acids is 1. The van der Waals surface area contributed by atoms with Gasteiger partial charge in [0.2, 0.25) is 0 Å². The first-order chi connectivity index (χ1) is 8.60. The van der Waals surface area contributed by atoms with Crippen LogP contribution in [0.3, 0.4) is 0 Å². The fraction of sp³-hybridized carbons (Fsp3) is 0.692. The van der Waals surface area contributed by atoms with Gasteiger partial charge >= 0.3 is 0 Å². The summed E-state index contributed by atoms with van der Waals surface area (Å²) in [7, 11) is 0. The summed E-state index contributed by atoms with van der Waals surface area (Å²) >= 11 is 1.68. The minimum atomic E-state index is -0.599. The number of amides is 1. The van der Waals surface area contributed by atoms with E-state index in [2.05, 4.69) is 15.7 Å². The van der Waals surface area contributed by atoms with Crippen molar-refractivity contribution in [1.29, 1.82) is 0 Å². The van der Waals surface area contributed by atoms with Crippen molar-refractivity contribution in [2.24, 2.45) is 0 Å². The second-order valence-electron chi connectivity index (χ2n) is 4.92. The predicted molar refractivity (Wildman–Crippen MR) is 71.8 cm³/mol. The Morgan fingerprint density at radius 2 is 2.50 bits per heavy atom. The van der Waals surface area contributed by atoms with E-state index in [-0.39, 0.29) is 5.91 Å². The number of aromatic nitrogens is 1. The van der Waals surface area contributed by atoms with E-state index >= 15 is 0 Å². The highest BCUT2D eigenvalue weighted by atomic mass is 32.1. The van der Waals surface area contributed by atoms with Crippen molar-refractivity contribution in [2.45, 2.75) is 45.1 Å². The van der Waals surface area contributed by atoms with E-state index in [0.717, 1.165) is 36.4 Å². The summed E-state index contributed by atoms with van der Waals surface area (Å²) < 4.78 is 5.50. The summed E-state index contributed by atoms with van der Waals surface area (Å²) in [4.78, 5) is 16.3. The standard InChI is InChI=1S/C13H20N2O2S/c1-10-9-18-11(15-10)5-3-7-14-12(16)13(2)6-4-8-17-13/h9H,3-8H2,1-2H3,(H,14,16)/t13-/m1/s1. The van der Waals surface area contributed by atoms with E-state index in [4.69, 9.17) is 4.74 Å². The van der Waals surface area contributed by atoms with Gasteiger partial charge in [-0.1, -0.05) is 0 Å². The van der Waals surface area contributed by atoms with E-state index in [9.17, 15) is 4.79 Å². The van der Waals surface area contributed by atoms with Crippen LogP contribution in [0.4, 0.5) is 0 Å². The molecule has 1 aliphatic rings. The number of aryl methyl sites for hydroxylation is 2. The number of rotatable bonds is 5. The summed E-state index contributed by atoms with van der Waals surface area (Å²) in [5, 5.41) is 6.16. The summed E-state index contributed by atoms with van der Waals surface area (Å²) in [6, 6.07) is 0. The van der Waals surface area contributed by atoms with Gasteiger partial charge in [-0.05, 0) is 33.1 Å². The Morgan fingerprint density at radius 1 is 1.67 bits per heavy atom. The monoisotopic (exact) mass is 268 g/mol. The Morgan fingerprint density at radius 3 is 3.11 bits per heavy atom. The molecule has 0 unspecified atom stereocenters. The lowest BCUT2D eigenvalue weighted by molar-refractivity contribution is -0.139. The van der Waals surface area contributed by atoms with Crippen molar-refractivity contribution in [3.8, 4) is 0 Å². The maximum absolute atomic E-state index is 11.9. The number of hydrogen-bond donors (Lipinski definition) is 1. The maximum Gasteiger partial charge on any atom is 0.251 e. The third kappa shape index (κ3) is 3.29. The van der Waals surface area contributed by atoms with Gasteiger partial charge in [0.15, 0.2) is 0 Å². The van der Waals surface area contributed by atoms with Crippen LogP contribution < -0.4 is 5.32 Å². The van der Waals surface area contributed by atoms with Crippen molar-refractivity contribution >= 4 is 17.2 Å². The molecule has 4 nitrogen and oxygen atoms in total. The zero-order valence-corrected chi connectivity index (χ0v) is 11.8. The van der Waals surface area contributed by atoms with Crippen molar-refractivity contribution in [1.82, 2.24) is 10.3 Å². The summed E-state index contributed by atoms with van der Waals surface area (Å²) in [6.45, 7) is 5.26. The first-order valence-electron chi connectivity index (χ1n) is 6.43. The molecule has 1 aliphatic heterocycles. The molecular weight excluding hydrogens is 248 g/mol. The SMILES string of the molecule is Cc1csc(CCCNC(=O)[C@@]2(C)CCCO2)n1. The molecule has 1 N–H and O–H groups in total. The smallest absolute Gasteiger partial charge is 0.251 e. The number of hydrogen-bond acceptors (Lipinski definition) is 4. The topological polar surface area (TPSA) is 51.2 Å². The second-order valence-corrected chi connectivity index (χ2v) is 5.87. The number of thiazole rings is 1. The number of nitrogens with one attached hydrogen (secondary N) is 1. The van der Waals surface area contributed by atoms with Crippen molar-refractivity contribution in [2.75, 3.05) is 13.2 Å². The van der Waals surface area contributed by atoms with Crippen molar-refractivity contribution in [3.05, 3.63) is 16.1 Å². The molecular formula is C13H20N2O2S. The zero-order valence-electron chi connectivity index (χ0n) is 11.0. The average molecular weight is 268 g/mol. The van der Waals surface area contributed by atoms with Gasteiger partial charge in [-0.2, -0.15) is 0 Å².